The summed E-state index contributed by atoms with van der Waals surface area (Å²) in [6.07, 6.45) is 6.34. The lowest BCUT2D eigenvalue weighted by Crippen LogP contribution is -2.31. The number of nitrogens with zero attached hydrogens (tertiary/aromatic N) is 4. The number of halogens is 1. The molecule has 2 fully saturated rings. The molecular weight excluding hydrogens is 356 g/mol. The molecule has 2 aliphatic rings. The zero-order valence-corrected chi connectivity index (χ0v) is 15.8. The van der Waals surface area contributed by atoms with Crippen LogP contribution < -0.4 is 9.64 Å². The molecule has 0 amide bonds. The van der Waals surface area contributed by atoms with Crippen LogP contribution in [0.3, 0.4) is 0 Å². The molecule has 25 heavy (non-hydrogen) atoms. The Kier molecular flexibility index (Phi) is 5.36. The monoisotopic (exact) mass is 378 g/mol. The third-order valence-corrected chi connectivity index (χ3v) is 5.75. The van der Waals surface area contributed by atoms with E-state index in [1.165, 1.54) is 32.1 Å². The van der Waals surface area contributed by atoms with Crippen LogP contribution in [-0.2, 0) is 0 Å². The van der Waals surface area contributed by atoms with Crippen molar-refractivity contribution >= 4 is 29.3 Å². The Labute approximate surface area is 157 Å². The normalized spacial score (nSPS) is 17.7. The van der Waals surface area contributed by atoms with Gasteiger partial charge in [-0.3, -0.25) is 4.57 Å². The van der Waals surface area contributed by atoms with Gasteiger partial charge in [-0.25, -0.2) is 0 Å². The molecule has 2 heterocycles. The molecule has 0 radical (unpaired) electrons. The number of piperidine rings is 1. The Bertz CT molecular complexity index is 696. The maximum absolute atomic E-state index is 5.89. The number of rotatable bonds is 7. The Morgan fingerprint density at radius 3 is 2.56 bits per heavy atom. The molecule has 5 nitrogen and oxygen atoms in total. The topological polar surface area (TPSA) is 43.2 Å². The molecule has 1 aliphatic carbocycles. The van der Waals surface area contributed by atoms with Crippen LogP contribution in [0.5, 0.6) is 5.75 Å². The Hall–Kier alpha value is -1.40. The van der Waals surface area contributed by atoms with Crippen LogP contribution in [0.2, 0.25) is 5.02 Å². The van der Waals surface area contributed by atoms with Crippen LogP contribution in [0, 0.1) is 0 Å². The summed E-state index contributed by atoms with van der Waals surface area (Å²) in [5, 5.41) is 10.7. The minimum Gasteiger partial charge on any atom is -0.493 e. The summed E-state index contributed by atoms with van der Waals surface area (Å²) in [5.74, 6) is 2.78. The zero-order valence-electron chi connectivity index (χ0n) is 14.2. The maximum atomic E-state index is 5.89. The lowest BCUT2D eigenvalue weighted by Gasteiger charge is -2.27. The number of aromatic nitrogens is 3. The first-order valence-corrected chi connectivity index (χ1v) is 10.4. The number of benzene rings is 1. The molecule has 0 N–H and O–H groups in total. The molecule has 1 saturated carbocycles. The molecule has 2 aromatic rings. The lowest BCUT2D eigenvalue weighted by atomic mass is 10.1. The van der Waals surface area contributed by atoms with E-state index >= 15 is 0 Å². The van der Waals surface area contributed by atoms with Gasteiger partial charge in [0.2, 0.25) is 5.95 Å². The molecule has 1 aliphatic heterocycles. The average Bonchev–Trinajstić information content (AvgIpc) is 3.40. The van der Waals surface area contributed by atoms with Crippen LogP contribution in [0.25, 0.3) is 0 Å². The van der Waals surface area contributed by atoms with E-state index in [2.05, 4.69) is 19.7 Å². The first-order chi connectivity index (χ1) is 12.3. The predicted octanol–water partition coefficient (Wildman–Crippen LogP) is 4.43. The van der Waals surface area contributed by atoms with Gasteiger partial charge in [0.15, 0.2) is 5.16 Å². The second-order valence-electron chi connectivity index (χ2n) is 6.58. The Balaban J connectivity index is 1.35. The van der Waals surface area contributed by atoms with Gasteiger partial charge >= 0.3 is 0 Å². The van der Waals surface area contributed by atoms with E-state index < -0.39 is 0 Å². The summed E-state index contributed by atoms with van der Waals surface area (Å²) >= 11 is 7.62. The van der Waals surface area contributed by atoms with Crippen molar-refractivity contribution in [1.29, 1.82) is 0 Å². The van der Waals surface area contributed by atoms with Gasteiger partial charge in [-0.1, -0.05) is 23.4 Å². The van der Waals surface area contributed by atoms with Crippen molar-refractivity contribution in [2.75, 3.05) is 30.3 Å². The number of ether oxygens (including phenoxy) is 1. The fourth-order valence-electron chi connectivity index (χ4n) is 3.15. The highest BCUT2D eigenvalue weighted by atomic mass is 35.5. The largest absolute Gasteiger partial charge is 0.493 e. The number of thioether (sulfide) groups is 1. The molecule has 0 unspecified atom stereocenters. The molecule has 0 atom stereocenters. The van der Waals surface area contributed by atoms with E-state index in [1.54, 1.807) is 11.8 Å². The van der Waals surface area contributed by atoms with E-state index in [1.807, 2.05) is 24.3 Å². The maximum Gasteiger partial charge on any atom is 0.228 e. The van der Waals surface area contributed by atoms with Crippen LogP contribution in [-0.4, -0.2) is 40.2 Å². The van der Waals surface area contributed by atoms with E-state index in [9.17, 15) is 0 Å². The Morgan fingerprint density at radius 1 is 1.08 bits per heavy atom. The van der Waals surface area contributed by atoms with Crippen molar-refractivity contribution in [2.45, 2.75) is 43.3 Å². The predicted molar refractivity (Wildman–Crippen MR) is 102 cm³/mol. The minimum absolute atomic E-state index is 0.589. The number of anilines is 1. The second kappa shape index (κ2) is 7.87. The van der Waals surface area contributed by atoms with Gasteiger partial charge in [0.25, 0.3) is 0 Å². The van der Waals surface area contributed by atoms with Crippen molar-refractivity contribution < 1.29 is 4.74 Å². The van der Waals surface area contributed by atoms with Gasteiger partial charge in [0.1, 0.15) is 5.75 Å². The summed E-state index contributed by atoms with van der Waals surface area (Å²) in [6.45, 7) is 2.85. The molecule has 0 bridgehead atoms. The smallest absolute Gasteiger partial charge is 0.228 e. The van der Waals surface area contributed by atoms with Crippen LogP contribution in [0.1, 0.15) is 38.1 Å². The van der Waals surface area contributed by atoms with Crippen molar-refractivity contribution in [1.82, 2.24) is 14.8 Å². The summed E-state index contributed by atoms with van der Waals surface area (Å²) in [5.41, 5.74) is 0. The Morgan fingerprint density at radius 2 is 1.84 bits per heavy atom. The van der Waals surface area contributed by atoms with Gasteiger partial charge in [0.05, 0.1) is 6.61 Å². The van der Waals surface area contributed by atoms with Crippen molar-refractivity contribution in [3.63, 3.8) is 0 Å². The lowest BCUT2D eigenvalue weighted by molar-refractivity contribution is 0.344. The first-order valence-electron chi connectivity index (χ1n) is 9.02. The average molecular weight is 379 g/mol. The summed E-state index contributed by atoms with van der Waals surface area (Å²) in [6, 6.07) is 8.08. The summed E-state index contributed by atoms with van der Waals surface area (Å²) in [4.78, 5) is 2.41. The van der Waals surface area contributed by atoms with E-state index in [0.717, 1.165) is 40.7 Å². The highest BCUT2D eigenvalue weighted by molar-refractivity contribution is 7.99. The van der Waals surface area contributed by atoms with E-state index in [4.69, 9.17) is 16.3 Å². The van der Waals surface area contributed by atoms with Gasteiger partial charge in [-0.2, -0.15) is 0 Å². The highest BCUT2D eigenvalue weighted by Gasteiger charge is 2.31. The quantitative estimate of drug-likeness (QED) is 0.526. The first kappa shape index (κ1) is 17.0. The summed E-state index contributed by atoms with van der Waals surface area (Å²) < 4.78 is 8.13. The van der Waals surface area contributed by atoms with Crippen LogP contribution in [0.4, 0.5) is 5.95 Å². The third-order valence-electron chi connectivity index (χ3n) is 4.59. The fourth-order valence-corrected chi connectivity index (χ4v) is 4.10. The molecular formula is C18H23ClN4OS. The third kappa shape index (κ3) is 4.23. The van der Waals surface area contributed by atoms with Crippen LogP contribution >= 0.6 is 23.4 Å². The van der Waals surface area contributed by atoms with Crippen molar-refractivity contribution in [3.05, 3.63) is 29.3 Å². The van der Waals surface area contributed by atoms with Gasteiger partial charge < -0.3 is 9.64 Å². The van der Waals surface area contributed by atoms with E-state index in [0.29, 0.717) is 12.6 Å². The molecule has 7 heteroatoms. The highest BCUT2D eigenvalue weighted by Crippen LogP contribution is 2.41. The van der Waals surface area contributed by atoms with Crippen molar-refractivity contribution in [3.8, 4) is 5.75 Å². The standard InChI is InChI=1S/C18H23ClN4OS/c19-14-4-8-16(9-5-14)24-12-13-25-18-21-20-17(23(18)15-6-7-15)22-10-2-1-3-11-22/h4-5,8-9,15H,1-3,6-7,10-13H2. The fraction of sp³-hybridized carbons (Fsp3) is 0.556. The number of hydrogen-bond donors (Lipinski definition) is 0. The molecule has 134 valence electrons. The van der Waals surface area contributed by atoms with Gasteiger partial charge in [-0.15, -0.1) is 10.2 Å². The summed E-state index contributed by atoms with van der Waals surface area (Å²) in [7, 11) is 0. The molecule has 1 saturated heterocycles. The second-order valence-corrected chi connectivity index (χ2v) is 8.08. The van der Waals surface area contributed by atoms with Crippen molar-refractivity contribution in [2.24, 2.45) is 0 Å². The van der Waals surface area contributed by atoms with Gasteiger partial charge in [0, 0.05) is 29.9 Å². The van der Waals surface area contributed by atoms with Gasteiger partial charge in [-0.05, 0) is 56.4 Å². The SMILES string of the molecule is Clc1ccc(OCCSc2nnc(N3CCCCC3)n2C2CC2)cc1. The molecule has 1 aromatic heterocycles. The van der Waals surface area contributed by atoms with E-state index in [-0.39, 0.29) is 0 Å². The van der Waals surface area contributed by atoms with Crippen LogP contribution in [0.15, 0.2) is 29.4 Å². The minimum atomic E-state index is 0.589. The molecule has 0 spiro atoms. The number of hydrogen-bond acceptors (Lipinski definition) is 5. The molecule has 4 rings (SSSR count). The molecule has 1 aromatic carbocycles. The zero-order chi connectivity index (χ0) is 17.1.